The number of hydrogen-bond acceptors (Lipinski definition) is 6. The van der Waals surface area contributed by atoms with E-state index in [0.29, 0.717) is 22.6 Å². The number of nitrogens with one attached hydrogen (secondary N) is 1. The van der Waals surface area contributed by atoms with E-state index in [0.717, 1.165) is 18.5 Å². The minimum Gasteiger partial charge on any atom is -0.274 e. The quantitative estimate of drug-likeness (QED) is 0.557. The van der Waals surface area contributed by atoms with Crippen LogP contribution in [0.15, 0.2) is 39.6 Å². The topological polar surface area (TPSA) is 83.9 Å². The number of hydrogen-bond donors (Lipinski definition) is 1. The number of thiazole rings is 1. The highest BCUT2D eigenvalue weighted by atomic mass is 32.2. The van der Waals surface area contributed by atoms with Crippen LogP contribution in [0.2, 0.25) is 0 Å². The monoisotopic (exact) mass is 421 g/mol. The number of aromatic nitrogens is 4. The van der Waals surface area contributed by atoms with Crippen molar-refractivity contribution in [2.24, 2.45) is 0 Å². The number of aromatic amines is 1. The summed E-state index contributed by atoms with van der Waals surface area (Å²) >= 11 is 2.66. The molecule has 2 aromatic heterocycles. The SMILES string of the molecule is CCCCn1c(SCc2csc(N(C(C)=O)c3ccccc3F)n2)n[nH]c1=O. The molecule has 0 aliphatic heterocycles. The van der Waals surface area contributed by atoms with Crippen molar-refractivity contribution < 1.29 is 9.18 Å². The third-order valence-corrected chi connectivity index (χ3v) is 5.83. The standard InChI is InChI=1S/C18H20FN5O2S2/c1-3-4-9-23-16(26)21-22-18(23)28-11-13-10-27-17(20-13)24(12(2)25)15-8-6-5-7-14(15)19/h5-8,10H,3-4,9,11H2,1-2H3,(H,21,26). The fraction of sp³-hybridized carbons (Fsp3) is 0.333. The number of unbranched alkanes of at least 4 members (excludes halogenated alkanes) is 1. The zero-order valence-electron chi connectivity index (χ0n) is 15.5. The predicted octanol–water partition coefficient (Wildman–Crippen LogP) is 3.94. The molecular formula is C18H20FN5O2S2. The molecule has 0 saturated heterocycles. The third kappa shape index (κ3) is 4.50. The second-order valence-corrected chi connectivity index (χ2v) is 7.81. The number of rotatable bonds is 8. The molecule has 0 atom stereocenters. The van der Waals surface area contributed by atoms with E-state index in [1.165, 1.54) is 41.0 Å². The Morgan fingerprint density at radius 3 is 2.89 bits per heavy atom. The molecule has 0 unspecified atom stereocenters. The first kappa shape index (κ1) is 20.3. The Labute approximate surface area is 169 Å². The van der Waals surface area contributed by atoms with Crippen LogP contribution in [0.1, 0.15) is 32.4 Å². The van der Waals surface area contributed by atoms with Crippen molar-refractivity contribution >= 4 is 39.8 Å². The Bertz CT molecular complexity index is 1010. The van der Waals surface area contributed by atoms with E-state index in [1.807, 2.05) is 5.38 Å². The minimum atomic E-state index is -0.486. The number of para-hydroxylation sites is 1. The van der Waals surface area contributed by atoms with Gasteiger partial charge in [0.05, 0.1) is 11.4 Å². The van der Waals surface area contributed by atoms with Gasteiger partial charge in [-0.15, -0.1) is 16.4 Å². The Balaban J connectivity index is 1.76. The van der Waals surface area contributed by atoms with Crippen LogP contribution >= 0.6 is 23.1 Å². The molecule has 10 heteroatoms. The molecule has 0 bridgehead atoms. The number of anilines is 2. The summed E-state index contributed by atoms with van der Waals surface area (Å²) in [7, 11) is 0. The number of carbonyl (C=O) groups excluding carboxylic acids is 1. The molecule has 3 aromatic rings. The second-order valence-electron chi connectivity index (χ2n) is 6.03. The van der Waals surface area contributed by atoms with Gasteiger partial charge in [0, 0.05) is 24.6 Å². The highest BCUT2D eigenvalue weighted by molar-refractivity contribution is 7.98. The number of nitrogens with zero attached hydrogens (tertiary/aromatic N) is 4. The van der Waals surface area contributed by atoms with E-state index in [9.17, 15) is 14.0 Å². The lowest BCUT2D eigenvalue weighted by atomic mass is 10.3. The summed E-state index contributed by atoms with van der Waals surface area (Å²) in [6.45, 7) is 4.05. The molecule has 0 aliphatic carbocycles. The van der Waals surface area contributed by atoms with Crippen LogP contribution in [0.3, 0.4) is 0 Å². The van der Waals surface area contributed by atoms with Gasteiger partial charge in [-0.3, -0.25) is 14.3 Å². The van der Waals surface area contributed by atoms with E-state index in [1.54, 1.807) is 22.8 Å². The van der Waals surface area contributed by atoms with Gasteiger partial charge >= 0.3 is 5.69 Å². The van der Waals surface area contributed by atoms with Crippen LogP contribution in [0, 0.1) is 5.82 Å². The number of halogens is 1. The van der Waals surface area contributed by atoms with Gasteiger partial charge < -0.3 is 0 Å². The summed E-state index contributed by atoms with van der Waals surface area (Å²) in [6, 6.07) is 6.10. The maximum atomic E-state index is 14.1. The van der Waals surface area contributed by atoms with Gasteiger partial charge in [0.2, 0.25) is 5.91 Å². The Morgan fingerprint density at radius 1 is 1.39 bits per heavy atom. The van der Waals surface area contributed by atoms with Crippen LogP contribution in [0.5, 0.6) is 0 Å². The van der Waals surface area contributed by atoms with Crippen molar-refractivity contribution in [2.45, 2.75) is 44.1 Å². The molecule has 28 heavy (non-hydrogen) atoms. The fourth-order valence-corrected chi connectivity index (χ4v) is 4.42. The summed E-state index contributed by atoms with van der Waals surface area (Å²) in [5.74, 6) is -0.324. The van der Waals surface area contributed by atoms with Crippen LogP contribution in [0.25, 0.3) is 0 Å². The molecule has 2 heterocycles. The van der Waals surface area contributed by atoms with Crippen LogP contribution in [0.4, 0.5) is 15.2 Å². The average Bonchev–Trinajstić information content (AvgIpc) is 3.26. The van der Waals surface area contributed by atoms with Crippen LogP contribution in [-0.4, -0.2) is 25.7 Å². The summed E-state index contributed by atoms with van der Waals surface area (Å²) < 4.78 is 15.8. The zero-order chi connectivity index (χ0) is 20.1. The van der Waals surface area contributed by atoms with E-state index >= 15 is 0 Å². The van der Waals surface area contributed by atoms with Gasteiger partial charge in [-0.05, 0) is 18.6 Å². The van der Waals surface area contributed by atoms with E-state index < -0.39 is 5.82 Å². The first-order valence-electron chi connectivity index (χ1n) is 8.79. The lowest BCUT2D eigenvalue weighted by molar-refractivity contribution is -0.115. The summed E-state index contributed by atoms with van der Waals surface area (Å²) in [5.41, 5.74) is 0.673. The first-order valence-corrected chi connectivity index (χ1v) is 10.7. The Morgan fingerprint density at radius 2 is 2.18 bits per heavy atom. The van der Waals surface area contributed by atoms with Crippen molar-refractivity contribution in [3.05, 3.63) is 51.6 Å². The predicted molar refractivity (Wildman–Crippen MR) is 109 cm³/mol. The second kappa shape index (κ2) is 9.16. The summed E-state index contributed by atoms with van der Waals surface area (Å²) in [4.78, 5) is 29.7. The fourth-order valence-electron chi connectivity index (χ4n) is 2.57. The first-order chi connectivity index (χ1) is 13.5. The van der Waals surface area contributed by atoms with E-state index in [2.05, 4.69) is 22.1 Å². The Hall–Kier alpha value is -2.46. The number of H-pyrrole nitrogens is 1. The van der Waals surface area contributed by atoms with Gasteiger partial charge in [-0.25, -0.2) is 19.3 Å². The van der Waals surface area contributed by atoms with Crippen LogP contribution < -0.4 is 10.6 Å². The van der Waals surface area contributed by atoms with Gasteiger partial charge in [-0.1, -0.05) is 37.2 Å². The van der Waals surface area contributed by atoms with Crippen molar-refractivity contribution in [3.63, 3.8) is 0 Å². The van der Waals surface area contributed by atoms with Crippen molar-refractivity contribution in [2.75, 3.05) is 4.90 Å². The number of benzene rings is 1. The van der Waals surface area contributed by atoms with E-state index in [-0.39, 0.29) is 17.3 Å². The highest BCUT2D eigenvalue weighted by Crippen LogP contribution is 2.32. The van der Waals surface area contributed by atoms with Crippen molar-refractivity contribution in [3.8, 4) is 0 Å². The van der Waals surface area contributed by atoms with Gasteiger partial charge in [0.25, 0.3) is 0 Å². The number of carbonyl (C=O) groups is 1. The lowest BCUT2D eigenvalue weighted by Gasteiger charge is -2.18. The molecule has 148 valence electrons. The summed E-state index contributed by atoms with van der Waals surface area (Å²) in [6.07, 6.45) is 1.87. The minimum absolute atomic E-state index is 0.171. The number of thioether (sulfide) groups is 1. The highest BCUT2D eigenvalue weighted by Gasteiger charge is 2.21. The lowest BCUT2D eigenvalue weighted by Crippen LogP contribution is -2.23. The smallest absolute Gasteiger partial charge is 0.274 e. The van der Waals surface area contributed by atoms with Gasteiger partial charge in [0.1, 0.15) is 5.82 Å². The van der Waals surface area contributed by atoms with Crippen molar-refractivity contribution in [1.29, 1.82) is 0 Å². The molecule has 1 aromatic carbocycles. The van der Waals surface area contributed by atoms with Crippen molar-refractivity contribution in [1.82, 2.24) is 19.7 Å². The molecule has 7 nitrogen and oxygen atoms in total. The molecule has 1 amide bonds. The number of amides is 1. The largest absolute Gasteiger partial charge is 0.343 e. The molecule has 3 rings (SSSR count). The normalized spacial score (nSPS) is 11.0. The maximum absolute atomic E-state index is 14.1. The zero-order valence-corrected chi connectivity index (χ0v) is 17.1. The molecule has 0 fully saturated rings. The molecule has 0 spiro atoms. The molecule has 0 aliphatic rings. The Kier molecular flexibility index (Phi) is 6.63. The molecule has 1 N–H and O–H groups in total. The van der Waals surface area contributed by atoms with Gasteiger partial charge in [-0.2, -0.15) is 0 Å². The van der Waals surface area contributed by atoms with Crippen LogP contribution in [-0.2, 0) is 17.1 Å². The van der Waals surface area contributed by atoms with Gasteiger partial charge in [0.15, 0.2) is 10.3 Å². The third-order valence-electron chi connectivity index (χ3n) is 3.95. The molecular weight excluding hydrogens is 401 g/mol. The van der Waals surface area contributed by atoms with E-state index in [4.69, 9.17) is 0 Å². The maximum Gasteiger partial charge on any atom is 0.343 e. The molecule has 0 radical (unpaired) electrons. The average molecular weight is 422 g/mol. The summed E-state index contributed by atoms with van der Waals surface area (Å²) in [5, 5.41) is 9.36. The molecule has 0 saturated carbocycles.